The second kappa shape index (κ2) is 8.25. The number of hydrogen-bond donors (Lipinski definition) is 1. The molecule has 2 atom stereocenters. The molecule has 21 heavy (non-hydrogen) atoms. The first-order valence-corrected chi connectivity index (χ1v) is 8.03. The van der Waals surface area contributed by atoms with E-state index in [1.807, 2.05) is 0 Å². The normalized spacial score (nSPS) is 23.4. The smallest absolute Gasteiger partial charge is 0.243 e. The Bertz CT molecular complexity index is 355. The number of likely N-dealkylation sites (tertiary alicyclic amines) is 1. The number of likely N-dealkylation sites (N-methyl/N-ethyl adjacent to an activating group) is 1. The minimum Gasteiger partial charge on any atom is -0.356 e. The van der Waals surface area contributed by atoms with Crippen molar-refractivity contribution in [3.05, 3.63) is 0 Å². The molecule has 2 unspecified atom stereocenters. The summed E-state index contributed by atoms with van der Waals surface area (Å²) in [5, 5.41) is 3.43. The number of rotatable bonds is 4. The molecular weight excluding hydrogens is 264 g/mol. The molecule has 0 bridgehead atoms. The molecule has 0 radical (unpaired) electrons. The molecule has 1 amide bonds. The molecule has 0 spiro atoms. The summed E-state index contributed by atoms with van der Waals surface area (Å²) < 4.78 is 0. The van der Waals surface area contributed by atoms with Gasteiger partial charge in [-0.3, -0.25) is 4.79 Å². The van der Waals surface area contributed by atoms with Crippen LogP contribution >= 0.6 is 0 Å². The molecule has 1 heterocycles. The van der Waals surface area contributed by atoms with E-state index in [0.717, 1.165) is 25.6 Å². The Morgan fingerprint density at radius 3 is 2.33 bits per heavy atom. The molecule has 1 N–H and O–H groups in total. The Labute approximate surface area is 129 Å². The fourth-order valence-electron chi connectivity index (χ4n) is 2.68. The number of carbonyl (C=O) groups excluding carboxylic acids is 1. The predicted molar refractivity (Wildman–Crippen MR) is 88.4 cm³/mol. The summed E-state index contributed by atoms with van der Waals surface area (Å²) in [5.74, 6) is 2.82. The maximum absolute atomic E-state index is 11.8. The Kier molecular flexibility index (Phi) is 6.99. The fraction of sp³-hybridized carbons (Fsp3) is 0.875. The second-order valence-electron chi connectivity index (χ2n) is 7.05. The van der Waals surface area contributed by atoms with Crippen molar-refractivity contribution in [2.24, 2.45) is 22.7 Å². The van der Waals surface area contributed by atoms with E-state index >= 15 is 0 Å². The monoisotopic (exact) mass is 296 g/mol. The molecule has 1 saturated heterocycles. The number of piperidine rings is 1. The van der Waals surface area contributed by atoms with Crippen LogP contribution in [0.4, 0.5) is 0 Å². The first kappa shape index (κ1) is 17.8. The van der Waals surface area contributed by atoms with Crippen LogP contribution < -0.4 is 5.32 Å². The third kappa shape index (κ3) is 6.36. The van der Waals surface area contributed by atoms with Gasteiger partial charge in [-0.2, -0.15) is 0 Å². The molecule has 1 fully saturated rings. The van der Waals surface area contributed by atoms with E-state index in [4.69, 9.17) is 0 Å². The highest BCUT2D eigenvalue weighted by Gasteiger charge is 2.24. The second-order valence-corrected chi connectivity index (χ2v) is 7.05. The van der Waals surface area contributed by atoms with Crippen molar-refractivity contribution >= 4 is 11.9 Å². The van der Waals surface area contributed by atoms with Gasteiger partial charge in [-0.25, -0.2) is 4.99 Å². The minimum atomic E-state index is 0.0388. The zero-order valence-corrected chi connectivity index (χ0v) is 14.5. The summed E-state index contributed by atoms with van der Waals surface area (Å²) in [6, 6.07) is 0. The van der Waals surface area contributed by atoms with Crippen molar-refractivity contribution in [2.75, 3.05) is 40.3 Å². The lowest BCUT2D eigenvalue weighted by Crippen LogP contribution is -2.49. The zero-order valence-electron chi connectivity index (χ0n) is 14.5. The maximum atomic E-state index is 11.8. The van der Waals surface area contributed by atoms with Crippen molar-refractivity contribution < 1.29 is 4.79 Å². The van der Waals surface area contributed by atoms with Gasteiger partial charge in [0.25, 0.3) is 0 Å². The van der Waals surface area contributed by atoms with Crippen molar-refractivity contribution in [2.45, 2.75) is 34.1 Å². The average Bonchev–Trinajstić information content (AvgIpc) is 2.36. The van der Waals surface area contributed by atoms with Gasteiger partial charge in [0, 0.05) is 33.7 Å². The number of nitrogens with one attached hydrogen (secondary N) is 1. The fourth-order valence-corrected chi connectivity index (χ4v) is 2.68. The maximum Gasteiger partial charge on any atom is 0.243 e. The quantitative estimate of drug-likeness (QED) is 0.634. The summed E-state index contributed by atoms with van der Waals surface area (Å²) >= 11 is 0. The number of aliphatic imine (C=N–C) groups is 1. The van der Waals surface area contributed by atoms with E-state index < -0.39 is 0 Å². The van der Waals surface area contributed by atoms with Gasteiger partial charge in [0.1, 0.15) is 6.54 Å². The highest BCUT2D eigenvalue weighted by atomic mass is 16.2. The van der Waals surface area contributed by atoms with E-state index in [-0.39, 0.29) is 12.5 Å². The predicted octanol–water partition coefficient (Wildman–Crippen LogP) is 1.65. The van der Waals surface area contributed by atoms with Gasteiger partial charge in [-0.05, 0) is 24.2 Å². The Hall–Kier alpha value is -1.26. The van der Waals surface area contributed by atoms with Crippen molar-refractivity contribution in [1.82, 2.24) is 15.1 Å². The van der Waals surface area contributed by atoms with Crippen LogP contribution in [0.2, 0.25) is 0 Å². The molecule has 0 aromatic heterocycles. The van der Waals surface area contributed by atoms with E-state index in [1.165, 1.54) is 6.42 Å². The molecule has 0 aliphatic carbocycles. The van der Waals surface area contributed by atoms with Crippen molar-refractivity contribution in [1.29, 1.82) is 0 Å². The lowest BCUT2D eigenvalue weighted by molar-refractivity contribution is -0.127. The topological polar surface area (TPSA) is 47.9 Å². The average molecular weight is 296 g/mol. The van der Waals surface area contributed by atoms with Gasteiger partial charge in [0.2, 0.25) is 5.91 Å². The highest BCUT2D eigenvalue weighted by Crippen LogP contribution is 2.20. The van der Waals surface area contributed by atoms with Crippen LogP contribution in [0.15, 0.2) is 4.99 Å². The number of hydrogen-bond acceptors (Lipinski definition) is 2. The minimum absolute atomic E-state index is 0.0388. The van der Waals surface area contributed by atoms with Gasteiger partial charge in [-0.15, -0.1) is 0 Å². The number of amides is 1. The largest absolute Gasteiger partial charge is 0.356 e. The number of guanidine groups is 1. The zero-order chi connectivity index (χ0) is 16.0. The molecular formula is C16H32N4O. The first-order chi connectivity index (χ1) is 9.79. The molecule has 0 aromatic rings. The summed E-state index contributed by atoms with van der Waals surface area (Å²) in [5.41, 5.74) is 0. The third-order valence-corrected chi connectivity index (χ3v) is 3.70. The molecule has 5 nitrogen and oxygen atoms in total. The molecule has 1 aliphatic rings. The third-order valence-electron chi connectivity index (χ3n) is 3.70. The van der Waals surface area contributed by atoms with Gasteiger partial charge >= 0.3 is 0 Å². The summed E-state index contributed by atoms with van der Waals surface area (Å²) in [6.45, 7) is 12.1. The molecule has 5 heteroatoms. The Balaban J connectivity index is 2.75. The van der Waals surface area contributed by atoms with Crippen LogP contribution in [-0.2, 0) is 4.79 Å². The van der Waals surface area contributed by atoms with Gasteiger partial charge in [-0.1, -0.05) is 27.7 Å². The molecule has 1 rings (SSSR count). The van der Waals surface area contributed by atoms with Crippen LogP contribution in [0, 0.1) is 17.8 Å². The number of nitrogens with zero attached hydrogens (tertiary/aromatic N) is 3. The van der Waals surface area contributed by atoms with E-state index in [9.17, 15) is 4.79 Å². The molecule has 122 valence electrons. The SMILES string of the molecule is CC(C)CNC(=NCC(=O)N(C)C)N1CC(C)CC(C)C1. The number of carbonyl (C=O) groups is 1. The van der Waals surface area contributed by atoms with Crippen molar-refractivity contribution in [3.8, 4) is 0 Å². The summed E-state index contributed by atoms with van der Waals surface area (Å²) in [4.78, 5) is 20.2. The lowest BCUT2D eigenvalue weighted by atomic mass is 9.92. The lowest BCUT2D eigenvalue weighted by Gasteiger charge is -2.37. The molecule has 0 saturated carbocycles. The van der Waals surface area contributed by atoms with E-state index in [2.05, 4.69) is 42.9 Å². The Morgan fingerprint density at radius 2 is 1.86 bits per heavy atom. The van der Waals surface area contributed by atoms with Crippen LogP contribution in [0.1, 0.15) is 34.1 Å². The van der Waals surface area contributed by atoms with Crippen LogP contribution in [0.25, 0.3) is 0 Å². The van der Waals surface area contributed by atoms with E-state index in [0.29, 0.717) is 17.8 Å². The summed E-state index contributed by atoms with van der Waals surface area (Å²) in [7, 11) is 3.54. The van der Waals surface area contributed by atoms with Crippen LogP contribution in [0.3, 0.4) is 0 Å². The van der Waals surface area contributed by atoms with Crippen LogP contribution in [0.5, 0.6) is 0 Å². The molecule has 1 aliphatic heterocycles. The molecule has 0 aromatic carbocycles. The van der Waals surface area contributed by atoms with Gasteiger partial charge < -0.3 is 15.1 Å². The highest BCUT2D eigenvalue weighted by molar-refractivity contribution is 5.84. The summed E-state index contributed by atoms with van der Waals surface area (Å²) in [6.07, 6.45) is 1.27. The van der Waals surface area contributed by atoms with E-state index in [1.54, 1.807) is 19.0 Å². The van der Waals surface area contributed by atoms with Gasteiger partial charge in [0.05, 0.1) is 0 Å². The van der Waals surface area contributed by atoms with Crippen molar-refractivity contribution in [3.63, 3.8) is 0 Å². The van der Waals surface area contributed by atoms with Crippen LogP contribution in [-0.4, -0.2) is 61.9 Å². The first-order valence-electron chi connectivity index (χ1n) is 8.03. The van der Waals surface area contributed by atoms with Gasteiger partial charge in [0.15, 0.2) is 5.96 Å². The standard InChI is InChI=1S/C16H32N4O/c1-12(2)8-17-16(18-9-15(21)19(5)6)20-10-13(3)7-14(4)11-20/h12-14H,7-11H2,1-6H3,(H,17,18). The Morgan fingerprint density at radius 1 is 1.29 bits per heavy atom.